The third-order valence-electron chi connectivity index (χ3n) is 3.45. The zero-order valence-corrected chi connectivity index (χ0v) is 12.8. The molecule has 0 amide bonds. The Balaban J connectivity index is 2.91. The van der Waals surface area contributed by atoms with Gasteiger partial charge in [-0.1, -0.05) is 6.07 Å². The van der Waals surface area contributed by atoms with Crippen LogP contribution in [0.5, 0.6) is 5.75 Å². The second-order valence-electron chi connectivity index (χ2n) is 5.90. The van der Waals surface area contributed by atoms with E-state index in [0.29, 0.717) is 19.6 Å². The van der Waals surface area contributed by atoms with Crippen molar-refractivity contribution in [3.8, 4) is 5.75 Å². The molecule has 1 aromatic carbocycles. The number of rotatable bonds is 7. The van der Waals surface area contributed by atoms with Crippen LogP contribution in [-0.2, 0) is 11.2 Å². The van der Waals surface area contributed by atoms with E-state index in [1.807, 2.05) is 26.0 Å². The quantitative estimate of drug-likeness (QED) is 0.753. The summed E-state index contributed by atoms with van der Waals surface area (Å²) in [5.41, 5.74) is 7.83. The van der Waals surface area contributed by atoms with Crippen molar-refractivity contribution in [2.45, 2.75) is 40.5 Å². The summed E-state index contributed by atoms with van der Waals surface area (Å²) in [4.78, 5) is 11.2. The third kappa shape index (κ3) is 4.23. The van der Waals surface area contributed by atoms with Gasteiger partial charge in [-0.3, -0.25) is 4.79 Å². The number of nitrogens with two attached hydrogens (primary N) is 1. The van der Waals surface area contributed by atoms with Gasteiger partial charge in [-0.2, -0.15) is 0 Å². The van der Waals surface area contributed by atoms with Gasteiger partial charge >= 0.3 is 5.97 Å². The highest BCUT2D eigenvalue weighted by Crippen LogP contribution is 2.29. The molecule has 0 aliphatic carbocycles. The average molecular weight is 279 g/mol. The zero-order chi connectivity index (χ0) is 15.3. The number of carboxylic acids is 1. The Kier molecular flexibility index (Phi) is 5.57. The fraction of sp³-hybridized carbons (Fsp3) is 0.562. The summed E-state index contributed by atoms with van der Waals surface area (Å²) in [7, 11) is 0. The summed E-state index contributed by atoms with van der Waals surface area (Å²) in [5, 5.41) is 9.22. The van der Waals surface area contributed by atoms with E-state index in [4.69, 9.17) is 10.5 Å². The summed E-state index contributed by atoms with van der Waals surface area (Å²) >= 11 is 0. The van der Waals surface area contributed by atoms with Crippen LogP contribution in [-0.4, -0.2) is 24.2 Å². The first kappa shape index (κ1) is 16.5. The molecule has 0 heterocycles. The second kappa shape index (κ2) is 6.75. The number of hydrogen-bond acceptors (Lipinski definition) is 3. The average Bonchev–Trinajstić information content (AvgIpc) is 2.34. The minimum absolute atomic E-state index is 0.512. The van der Waals surface area contributed by atoms with Crippen LogP contribution >= 0.6 is 0 Å². The van der Waals surface area contributed by atoms with E-state index in [1.165, 1.54) is 0 Å². The lowest BCUT2D eigenvalue weighted by Gasteiger charge is -2.21. The number of hydrogen-bond donors (Lipinski definition) is 2. The van der Waals surface area contributed by atoms with Gasteiger partial charge in [0.2, 0.25) is 0 Å². The number of aliphatic carboxylic acids is 1. The minimum atomic E-state index is -0.780. The first-order valence-electron chi connectivity index (χ1n) is 6.94. The van der Waals surface area contributed by atoms with Gasteiger partial charge in [0.05, 0.1) is 12.0 Å². The standard InChI is InChI=1S/C16H25NO3/c1-11-9-14(20-7-5-6-17)12(2)8-13(11)10-16(3,4)15(18)19/h8-9H,5-7,10,17H2,1-4H3,(H,18,19). The normalized spacial score (nSPS) is 11.4. The van der Waals surface area contributed by atoms with Crippen molar-refractivity contribution in [3.63, 3.8) is 0 Å². The number of carboxylic acid groups (broad SMARTS) is 1. The predicted octanol–water partition coefficient (Wildman–Crippen LogP) is 2.68. The Morgan fingerprint density at radius 3 is 2.50 bits per heavy atom. The van der Waals surface area contributed by atoms with Crippen molar-refractivity contribution in [1.82, 2.24) is 0 Å². The zero-order valence-electron chi connectivity index (χ0n) is 12.8. The van der Waals surface area contributed by atoms with E-state index in [0.717, 1.165) is 28.9 Å². The van der Waals surface area contributed by atoms with Crippen LogP contribution in [0, 0.1) is 19.3 Å². The number of ether oxygens (including phenoxy) is 1. The van der Waals surface area contributed by atoms with Crippen LogP contribution in [0.15, 0.2) is 12.1 Å². The van der Waals surface area contributed by atoms with Gasteiger partial charge in [0.1, 0.15) is 5.75 Å². The topological polar surface area (TPSA) is 72.5 Å². The summed E-state index contributed by atoms with van der Waals surface area (Å²) in [6.45, 7) is 8.68. The Morgan fingerprint density at radius 2 is 1.95 bits per heavy atom. The third-order valence-corrected chi connectivity index (χ3v) is 3.45. The minimum Gasteiger partial charge on any atom is -0.493 e. The molecular formula is C16H25NO3. The molecule has 1 rings (SSSR count). The molecule has 0 saturated heterocycles. The predicted molar refractivity (Wildman–Crippen MR) is 80.2 cm³/mol. The van der Waals surface area contributed by atoms with E-state index in [-0.39, 0.29) is 0 Å². The van der Waals surface area contributed by atoms with Gasteiger partial charge < -0.3 is 15.6 Å². The molecule has 0 radical (unpaired) electrons. The van der Waals surface area contributed by atoms with Crippen molar-refractivity contribution < 1.29 is 14.6 Å². The molecule has 20 heavy (non-hydrogen) atoms. The van der Waals surface area contributed by atoms with Crippen LogP contribution < -0.4 is 10.5 Å². The first-order valence-corrected chi connectivity index (χ1v) is 6.94. The van der Waals surface area contributed by atoms with Gasteiger partial charge in [0, 0.05) is 0 Å². The highest BCUT2D eigenvalue weighted by atomic mass is 16.5. The highest BCUT2D eigenvalue weighted by molar-refractivity contribution is 5.74. The van der Waals surface area contributed by atoms with Crippen LogP contribution in [0.25, 0.3) is 0 Å². The molecule has 112 valence electrons. The molecule has 0 spiro atoms. The van der Waals surface area contributed by atoms with Gasteiger partial charge in [-0.25, -0.2) is 0 Å². The number of benzene rings is 1. The molecule has 0 aliphatic rings. The fourth-order valence-corrected chi connectivity index (χ4v) is 2.01. The molecule has 0 saturated carbocycles. The smallest absolute Gasteiger partial charge is 0.309 e. The molecule has 0 unspecified atom stereocenters. The maximum Gasteiger partial charge on any atom is 0.309 e. The van der Waals surface area contributed by atoms with Crippen molar-refractivity contribution in [2.24, 2.45) is 11.1 Å². The Morgan fingerprint density at radius 1 is 1.30 bits per heavy atom. The van der Waals surface area contributed by atoms with Gasteiger partial charge in [0.25, 0.3) is 0 Å². The lowest BCUT2D eigenvalue weighted by atomic mass is 9.84. The van der Waals surface area contributed by atoms with Crippen LogP contribution in [0.3, 0.4) is 0 Å². The number of carbonyl (C=O) groups is 1. The molecule has 0 bridgehead atoms. The largest absolute Gasteiger partial charge is 0.493 e. The molecular weight excluding hydrogens is 254 g/mol. The fourth-order valence-electron chi connectivity index (χ4n) is 2.01. The van der Waals surface area contributed by atoms with Gasteiger partial charge in [-0.05, 0) is 69.8 Å². The highest BCUT2D eigenvalue weighted by Gasteiger charge is 2.28. The molecule has 4 heteroatoms. The van der Waals surface area contributed by atoms with Crippen molar-refractivity contribution in [3.05, 3.63) is 28.8 Å². The van der Waals surface area contributed by atoms with Crippen molar-refractivity contribution in [2.75, 3.05) is 13.2 Å². The van der Waals surface area contributed by atoms with E-state index in [9.17, 15) is 9.90 Å². The molecule has 4 nitrogen and oxygen atoms in total. The van der Waals surface area contributed by atoms with Crippen LogP contribution in [0.2, 0.25) is 0 Å². The van der Waals surface area contributed by atoms with Crippen molar-refractivity contribution >= 4 is 5.97 Å². The summed E-state index contributed by atoms with van der Waals surface area (Å²) in [5.74, 6) is 0.0747. The van der Waals surface area contributed by atoms with E-state index < -0.39 is 11.4 Å². The summed E-state index contributed by atoms with van der Waals surface area (Å²) in [6.07, 6.45) is 1.34. The van der Waals surface area contributed by atoms with Crippen LogP contribution in [0.4, 0.5) is 0 Å². The van der Waals surface area contributed by atoms with E-state index in [1.54, 1.807) is 13.8 Å². The van der Waals surface area contributed by atoms with Gasteiger partial charge in [0.15, 0.2) is 0 Å². The SMILES string of the molecule is Cc1cc(OCCCN)c(C)cc1CC(C)(C)C(=O)O. The van der Waals surface area contributed by atoms with Crippen molar-refractivity contribution in [1.29, 1.82) is 0 Å². The van der Waals surface area contributed by atoms with Crippen LogP contribution in [0.1, 0.15) is 37.0 Å². The molecule has 0 atom stereocenters. The molecule has 0 aromatic heterocycles. The molecule has 1 aromatic rings. The lowest BCUT2D eigenvalue weighted by Crippen LogP contribution is -2.26. The summed E-state index contributed by atoms with van der Waals surface area (Å²) in [6, 6.07) is 4.01. The lowest BCUT2D eigenvalue weighted by molar-refractivity contribution is -0.146. The first-order chi connectivity index (χ1) is 9.27. The molecule has 0 fully saturated rings. The van der Waals surface area contributed by atoms with Gasteiger partial charge in [-0.15, -0.1) is 0 Å². The summed E-state index contributed by atoms with van der Waals surface area (Å²) < 4.78 is 5.69. The van der Waals surface area contributed by atoms with E-state index >= 15 is 0 Å². The Labute approximate surface area is 120 Å². The number of aryl methyl sites for hydroxylation is 2. The second-order valence-corrected chi connectivity index (χ2v) is 5.90. The maximum atomic E-state index is 11.2. The molecule has 3 N–H and O–H groups in total. The maximum absolute atomic E-state index is 11.2. The molecule has 0 aliphatic heterocycles. The van der Waals surface area contributed by atoms with E-state index in [2.05, 4.69) is 0 Å². The monoisotopic (exact) mass is 279 g/mol. The Hall–Kier alpha value is -1.55. The Bertz CT molecular complexity index is 481.